The highest BCUT2D eigenvalue weighted by atomic mass is 19.1. The predicted molar refractivity (Wildman–Crippen MR) is 74.5 cm³/mol. The summed E-state index contributed by atoms with van der Waals surface area (Å²) in [5.74, 6) is -3.13. The van der Waals surface area contributed by atoms with Crippen molar-refractivity contribution in [3.05, 3.63) is 59.2 Å². The third-order valence-corrected chi connectivity index (χ3v) is 3.08. The minimum atomic E-state index is -0.828. The number of rotatable bonds is 3. The Kier molecular flexibility index (Phi) is 4.50. The van der Waals surface area contributed by atoms with Crippen LogP contribution in [0.15, 0.2) is 36.4 Å². The molecule has 114 valence electrons. The van der Waals surface area contributed by atoms with Crippen molar-refractivity contribution in [1.82, 2.24) is 0 Å². The third kappa shape index (κ3) is 2.95. The Hall–Kier alpha value is -2.76. The molecular weight excluding hydrogens is 294 g/mol. The van der Waals surface area contributed by atoms with E-state index in [4.69, 9.17) is 0 Å². The van der Waals surface area contributed by atoms with Crippen molar-refractivity contribution in [2.24, 2.45) is 0 Å². The zero-order valence-electron chi connectivity index (χ0n) is 11.9. The molecule has 0 aliphatic heterocycles. The second-order valence-corrected chi connectivity index (χ2v) is 4.37. The van der Waals surface area contributed by atoms with E-state index in [0.717, 1.165) is 26.4 Å². The fraction of sp³-hybridized carbons (Fsp3) is 0.125. The Labute approximate surface area is 125 Å². The summed E-state index contributed by atoms with van der Waals surface area (Å²) in [6, 6.07) is 7.59. The molecule has 0 N–H and O–H groups in total. The van der Waals surface area contributed by atoms with Gasteiger partial charge in [-0.3, -0.25) is 0 Å². The minimum Gasteiger partial charge on any atom is -0.465 e. The first-order valence-corrected chi connectivity index (χ1v) is 6.24. The van der Waals surface area contributed by atoms with Gasteiger partial charge in [0.05, 0.1) is 25.3 Å². The van der Waals surface area contributed by atoms with Gasteiger partial charge in [0, 0.05) is 0 Å². The van der Waals surface area contributed by atoms with Crippen LogP contribution in [0, 0.1) is 11.6 Å². The van der Waals surface area contributed by atoms with E-state index in [1.54, 1.807) is 0 Å². The molecule has 2 rings (SSSR count). The van der Waals surface area contributed by atoms with Gasteiger partial charge in [0.15, 0.2) is 0 Å². The second kappa shape index (κ2) is 6.34. The first kappa shape index (κ1) is 15.6. The van der Waals surface area contributed by atoms with Gasteiger partial charge in [-0.15, -0.1) is 0 Å². The van der Waals surface area contributed by atoms with Crippen LogP contribution in [0.25, 0.3) is 11.1 Å². The van der Waals surface area contributed by atoms with Gasteiger partial charge in [-0.2, -0.15) is 0 Å². The maximum Gasteiger partial charge on any atom is 0.340 e. The molecule has 2 aromatic carbocycles. The number of carbonyl (C=O) groups is 2. The van der Waals surface area contributed by atoms with Crippen LogP contribution in [0.5, 0.6) is 0 Å². The SMILES string of the molecule is COC(=O)c1ccc(-c2ccc(F)c(C(=O)OC)c2)cc1F. The molecule has 4 nitrogen and oxygen atoms in total. The molecule has 0 unspecified atom stereocenters. The van der Waals surface area contributed by atoms with Crippen molar-refractivity contribution in [2.45, 2.75) is 0 Å². The van der Waals surface area contributed by atoms with Crippen LogP contribution < -0.4 is 0 Å². The number of methoxy groups -OCH3 is 2. The largest absolute Gasteiger partial charge is 0.465 e. The zero-order chi connectivity index (χ0) is 16.3. The molecule has 0 spiro atoms. The van der Waals surface area contributed by atoms with Crippen molar-refractivity contribution >= 4 is 11.9 Å². The van der Waals surface area contributed by atoms with Crippen molar-refractivity contribution in [2.75, 3.05) is 14.2 Å². The maximum atomic E-state index is 13.9. The molecule has 0 heterocycles. The average Bonchev–Trinajstić information content (AvgIpc) is 2.53. The van der Waals surface area contributed by atoms with E-state index >= 15 is 0 Å². The molecule has 0 saturated carbocycles. The molecule has 0 atom stereocenters. The number of halogens is 2. The van der Waals surface area contributed by atoms with Gasteiger partial charge in [-0.1, -0.05) is 12.1 Å². The molecule has 2 aromatic rings. The Morgan fingerprint density at radius 1 is 0.773 bits per heavy atom. The molecule has 6 heteroatoms. The van der Waals surface area contributed by atoms with Crippen LogP contribution >= 0.6 is 0 Å². The van der Waals surface area contributed by atoms with Crippen LogP contribution in [0.4, 0.5) is 8.78 Å². The van der Waals surface area contributed by atoms with Crippen LogP contribution in [0.2, 0.25) is 0 Å². The van der Waals surface area contributed by atoms with Gasteiger partial charge in [0.1, 0.15) is 11.6 Å². The molecule has 0 bridgehead atoms. The highest BCUT2D eigenvalue weighted by Gasteiger charge is 2.16. The highest BCUT2D eigenvalue weighted by molar-refractivity contribution is 5.92. The van der Waals surface area contributed by atoms with Gasteiger partial charge in [0.2, 0.25) is 0 Å². The number of hydrogen-bond donors (Lipinski definition) is 0. The van der Waals surface area contributed by atoms with Crippen LogP contribution in [0.1, 0.15) is 20.7 Å². The standard InChI is InChI=1S/C16H12F2O4/c1-21-15(19)11-5-3-10(8-14(11)18)9-4-6-13(17)12(7-9)16(20)22-2/h3-8H,1-2H3. The lowest BCUT2D eigenvalue weighted by atomic mass is 10.0. The topological polar surface area (TPSA) is 52.6 Å². The summed E-state index contributed by atoms with van der Waals surface area (Å²) in [5.41, 5.74) is 0.339. The smallest absolute Gasteiger partial charge is 0.340 e. The Morgan fingerprint density at radius 2 is 1.32 bits per heavy atom. The lowest BCUT2D eigenvalue weighted by Gasteiger charge is -2.07. The lowest BCUT2D eigenvalue weighted by Crippen LogP contribution is -2.05. The quantitative estimate of drug-likeness (QED) is 0.817. The van der Waals surface area contributed by atoms with E-state index in [-0.39, 0.29) is 11.1 Å². The molecular formula is C16H12F2O4. The zero-order valence-corrected chi connectivity index (χ0v) is 11.9. The van der Waals surface area contributed by atoms with Gasteiger partial charge >= 0.3 is 11.9 Å². The van der Waals surface area contributed by atoms with E-state index in [9.17, 15) is 18.4 Å². The van der Waals surface area contributed by atoms with Crippen molar-refractivity contribution in [3.8, 4) is 11.1 Å². The maximum absolute atomic E-state index is 13.9. The molecule has 22 heavy (non-hydrogen) atoms. The summed E-state index contributed by atoms with van der Waals surface area (Å²) in [7, 11) is 2.29. The summed E-state index contributed by atoms with van der Waals surface area (Å²) < 4.78 is 36.4. The van der Waals surface area contributed by atoms with Crippen molar-refractivity contribution in [3.63, 3.8) is 0 Å². The van der Waals surface area contributed by atoms with Crippen LogP contribution in [-0.2, 0) is 9.47 Å². The first-order valence-electron chi connectivity index (χ1n) is 6.24. The van der Waals surface area contributed by atoms with Crippen molar-refractivity contribution in [1.29, 1.82) is 0 Å². The van der Waals surface area contributed by atoms with Gasteiger partial charge in [-0.25, -0.2) is 18.4 Å². The number of ether oxygens (including phenoxy) is 2. The fourth-order valence-electron chi connectivity index (χ4n) is 1.94. The minimum absolute atomic E-state index is 0.207. The van der Waals surface area contributed by atoms with E-state index < -0.39 is 23.6 Å². The van der Waals surface area contributed by atoms with Gasteiger partial charge < -0.3 is 9.47 Å². The van der Waals surface area contributed by atoms with Crippen LogP contribution in [0.3, 0.4) is 0 Å². The summed E-state index contributed by atoms with van der Waals surface area (Å²) in [6.07, 6.45) is 0. The van der Waals surface area contributed by atoms with E-state index in [2.05, 4.69) is 9.47 Å². The molecule has 0 aromatic heterocycles. The number of esters is 2. The summed E-state index contributed by atoms with van der Waals surface area (Å²) in [5, 5.41) is 0. The Balaban J connectivity index is 2.47. The Bertz CT molecular complexity index is 741. The molecule has 0 aliphatic rings. The van der Waals surface area contributed by atoms with Gasteiger partial charge in [-0.05, 0) is 35.4 Å². The Morgan fingerprint density at radius 3 is 1.91 bits per heavy atom. The van der Waals surface area contributed by atoms with E-state index in [1.807, 2.05) is 0 Å². The molecule has 0 amide bonds. The second-order valence-electron chi connectivity index (χ2n) is 4.37. The number of hydrogen-bond acceptors (Lipinski definition) is 4. The predicted octanol–water partition coefficient (Wildman–Crippen LogP) is 3.21. The summed E-state index contributed by atoms with van der Waals surface area (Å²) >= 11 is 0. The molecule has 0 aliphatic carbocycles. The number of benzene rings is 2. The molecule has 0 fully saturated rings. The summed E-state index contributed by atoms with van der Waals surface area (Å²) in [6.45, 7) is 0. The molecule has 0 saturated heterocycles. The lowest BCUT2D eigenvalue weighted by molar-refractivity contribution is 0.0586. The first-order chi connectivity index (χ1) is 10.5. The number of carbonyl (C=O) groups excluding carboxylic acids is 2. The van der Waals surface area contributed by atoms with Gasteiger partial charge in [0.25, 0.3) is 0 Å². The fourth-order valence-corrected chi connectivity index (χ4v) is 1.94. The summed E-state index contributed by atoms with van der Waals surface area (Å²) in [4.78, 5) is 22.8. The highest BCUT2D eigenvalue weighted by Crippen LogP contribution is 2.25. The normalized spacial score (nSPS) is 10.2. The van der Waals surface area contributed by atoms with Crippen LogP contribution in [-0.4, -0.2) is 26.2 Å². The van der Waals surface area contributed by atoms with E-state index in [0.29, 0.717) is 11.1 Å². The molecule has 0 radical (unpaired) electrons. The van der Waals surface area contributed by atoms with E-state index in [1.165, 1.54) is 24.3 Å². The average molecular weight is 306 g/mol. The monoisotopic (exact) mass is 306 g/mol. The third-order valence-electron chi connectivity index (χ3n) is 3.08. The van der Waals surface area contributed by atoms with Crippen molar-refractivity contribution < 1.29 is 27.8 Å².